The number of hydrogen-bond donors (Lipinski definition) is 1. The van der Waals surface area contributed by atoms with E-state index in [1.807, 2.05) is 74.5 Å². The Labute approximate surface area is 191 Å². The van der Waals surface area contributed by atoms with Gasteiger partial charge in [-0.1, -0.05) is 84.9 Å². The Morgan fingerprint density at radius 3 is 1.91 bits per heavy atom. The fourth-order valence-corrected chi connectivity index (χ4v) is 3.97. The van der Waals surface area contributed by atoms with Gasteiger partial charge in [-0.05, 0) is 43.0 Å². The number of hydrogen-bond acceptors (Lipinski definition) is 2. The number of nitrogens with zero attached hydrogens (tertiary/aromatic N) is 1. The first-order chi connectivity index (χ1) is 15.5. The number of benzene rings is 3. The van der Waals surface area contributed by atoms with Crippen molar-refractivity contribution < 1.29 is 9.59 Å². The monoisotopic (exact) mass is 428 g/mol. The molecule has 0 saturated carbocycles. The Bertz CT molecular complexity index is 978. The van der Waals surface area contributed by atoms with Crippen LogP contribution < -0.4 is 5.32 Å². The first-order valence-electron chi connectivity index (χ1n) is 11.2. The molecular weight excluding hydrogens is 396 g/mol. The van der Waals surface area contributed by atoms with Gasteiger partial charge >= 0.3 is 0 Å². The molecule has 3 aromatic carbocycles. The number of nitrogens with one attached hydrogen (secondary N) is 1. The van der Waals surface area contributed by atoms with E-state index < -0.39 is 6.04 Å². The summed E-state index contributed by atoms with van der Waals surface area (Å²) in [5.74, 6) is -0.249. The molecule has 3 rings (SSSR count). The van der Waals surface area contributed by atoms with Gasteiger partial charge in [0.2, 0.25) is 11.8 Å². The lowest BCUT2D eigenvalue weighted by atomic mass is 9.88. The molecule has 2 amide bonds. The van der Waals surface area contributed by atoms with Gasteiger partial charge in [-0.25, -0.2) is 0 Å². The van der Waals surface area contributed by atoms with Crippen LogP contribution in [0.4, 0.5) is 0 Å². The second kappa shape index (κ2) is 11.3. The molecule has 0 heterocycles. The van der Waals surface area contributed by atoms with Crippen LogP contribution in [0.3, 0.4) is 0 Å². The van der Waals surface area contributed by atoms with Crippen molar-refractivity contribution in [3.8, 4) is 0 Å². The standard InChI is InChI=1S/C28H32N2O2/c1-4-29-28(32)22(3)30(20-25-18-12-11-13-21(25)2)27(31)19-26(23-14-7-5-8-15-23)24-16-9-6-10-17-24/h5-18,22,26H,4,19-20H2,1-3H3,(H,29,32). The van der Waals surface area contributed by atoms with E-state index in [9.17, 15) is 9.59 Å². The summed E-state index contributed by atoms with van der Waals surface area (Å²) in [5.41, 5.74) is 4.34. The van der Waals surface area contributed by atoms with Gasteiger partial charge < -0.3 is 10.2 Å². The molecule has 0 bridgehead atoms. The summed E-state index contributed by atoms with van der Waals surface area (Å²) in [4.78, 5) is 28.1. The molecule has 32 heavy (non-hydrogen) atoms. The van der Waals surface area contributed by atoms with E-state index in [-0.39, 0.29) is 17.7 Å². The number of aryl methyl sites for hydroxylation is 1. The summed E-state index contributed by atoms with van der Waals surface area (Å²) in [6.07, 6.45) is 0.295. The zero-order chi connectivity index (χ0) is 22.9. The Morgan fingerprint density at radius 1 is 0.844 bits per heavy atom. The van der Waals surface area contributed by atoms with Gasteiger partial charge in [0.25, 0.3) is 0 Å². The molecule has 3 aromatic rings. The molecule has 166 valence electrons. The smallest absolute Gasteiger partial charge is 0.242 e. The van der Waals surface area contributed by atoms with E-state index >= 15 is 0 Å². The Morgan fingerprint density at radius 2 is 1.38 bits per heavy atom. The van der Waals surface area contributed by atoms with Crippen molar-refractivity contribution in [2.24, 2.45) is 0 Å². The zero-order valence-corrected chi connectivity index (χ0v) is 19.1. The van der Waals surface area contributed by atoms with E-state index in [1.54, 1.807) is 11.8 Å². The first kappa shape index (κ1) is 23.3. The van der Waals surface area contributed by atoms with E-state index in [4.69, 9.17) is 0 Å². The van der Waals surface area contributed by atoms with Crippen LogP contribution in [-0.2, 0) is 16.1 Å². The minimum atomic E-state index is -0.561. The summed E-state index contributed by atoms with van der Waals surface area (Å²) < 4.78 is 0. The van der Waals surface area contributed by atoms with E-state index in [1.165, 1.54) is 0 Å². The summed E-state index contributed by atoms with van der Waals surface area (Å²) in [6.45, 7) is 6.66. The van der Waals surface area contributed by atoms with Crippen LogP contribution in [0, 0.1) is 6.92 Å². The molecule has 0 aliphatic carbocycles. The molecule has 0 aromatic heterocycles. The third-order valence-electron chi connectivity index (χ3n) is 5.90. The predicted molar refractivity (Wildman–Crippen MR) is 129 cm³/mol. The number of rotatable bonds is 9. The number of likely N-dealkylation sites (N-methyl/N-ethyl adjacent to an activating group) is 1. The molecule has 0 saturated heterocycles. The van der Waals surface area contributed by atoms with Crippen molar-refractivity contribution in [3.63, 3.8) is 0 Å². The van der Waals surface area contributed by atoms with E-state index in [2.05, 4.69) is 29.6 Å². The first-order valence-corrected chi connectivity index (χ1v) is 11.2. The van der Waals surface area contributed by atoms with Crippen LogP contribution in [0.5, 0.6) is 0 Å². The number of amides is 2. The van der Waals surface area contributed by atoms with Gasteiger partial charge in [-0.2, -0.15) is 0 Å². The zero-order valence-electron chi connectivity index (χ0n) is 19.1. The van der Waals surface area contributed by atoms with Gasteiger partial charge in [-0.15, -0.1) is 0 Å². The second-order valence-corrected chi connectivity index (χ2v) is 8.10. The molecule has 0 fully saturated rings. The topological polar surface area (TPSA) is 49.4 Å². The molecule has 0 aliphatic heterocycles. The van der Waals surface area contributed by atoms with Gasteiger partial charge in [0.15, 0.2) is 0 Å². The lowest BCUT2D eigenvalue weighted by Gasteiger charge is -2.31. The maximum absolute atomic E-state index is 13.7. The van der Waals surface area contributed by atoms with Crippen molar-refractivity contribution in [2.45, 2.75) is 45.7 Å². The largest absolute Gasteiger partial charge is 0.355 e. The van der Waals surface area contributed by atoms with Crippen LogP contribution in [-0.4, -0.2) is 29.3 Å². The highest BCUT2D eigenvalue weighted by atomic mass is 16.2. The number of carbonyl (C=O) groups is 2. The number of carbonyl (C=O) groups excluding carboxylic acids is 2. The second-order valence-electron chi connectivity index (χ2n) is 8.10. The molecule has 4 nitrogen and oxygen atoms in total. The Balaban J connectivity index is 1.92. The van der Waals surface area contributed by atoms with Crippen LogP contribution in [0.2, 0.25) is 0 Å². The van der Waals surface area contributed by atoms with Gasteiger partial charge in [0, 0.05) is 25.4 Å². The van der Waals surface area contributed by atoms with Crippen LogP contribution in [0.15, 0.2) is 84.9 Å². The van der Waals surface area contributed by atoms with Crippen molar-refractivity contribution in [1.82, 2.24) is 10.2 Å². The van der Waals surface area contributed by atoms with Gasteiger partial charge in [-0.3, -0.25) is 9.59 Å². The molecule has 1 unspecified atom stereocenters. The van der Waals surface area contributed by atoms with Gasteiger partial charge in [0.05, 0.1) is 0 Å². The molecule has 1 N–H and O–H groups in total. The lowest BCUT2D eigenvalue weighted by molar-refractivity contribution is -0.140. The summed E-state index contributed by atoms with van der Waals surface area (Å²) in [6, 6.07) is 27.6. The minimum Gasteiger partial charge on any atom is -0.355 e. The average molecular weight is 429 g/mol. The quantitative estimate of drug-likeness (QED) is 0.517. The van der Waals surface area contributed by atoms with Crippen molar-refractivity contribution in [1.29, 1.82) is 0 Å². The normalized spacial score (nSPS) is 11.8. The maximum atomic E-state index is 13.7. The summed E-state index contributed by atoms with van der Waals surface area (Å²) >= 11 is 0. The Hall–Kier alpha value is -3.40. The van der Waals surface area contributed by atoms with Crippen LogP contribution in [0.1, 0.15) is 48.4 Å². The molecule has 0 aliphatic rings. The summed E-state index contributed by atoms with van der Waals surface area (Å²) in [5, 5.41) is 2.86. The maximum Gasteiger partial charge on any atom is 0.242 e. The molecule has 1 atom stereocenters. The highest BCUT2D eigenvalue weighted by Gasteiger charge is 2.29. The molecule has 0 radical (unpaired) electrons. The third-order valence-corrected chi connectivity index (χ3v) is 5.90. The van der Waals surface area contributed by atoms with Crippen LogP contribution >= 0.6 is 0 Å². The Kier molecular flexibility index (Phi) is 8.20. The van der Waals surface area contributed by atoms with Gasteiger partial charge in [0.1, 0.15) is 6.04 Å². The van der Waals surface area contributed by atoms with Crippen molar-refractivity contribution in [3.05, 3.63) is 107 Å². The van der Waals surface area contributed by atoms with E-state index in [0.717, 1.165) is 22.3 Å². The minimum absolute atomic E-state index is 0.0373. The average Bonchev–Trinajstić information content (AvgIpc) is 2.82. The lowest BCUT2D eigenvalue weighted by Crippen LogP contribution is -2.48. The predicted octanol–water partition coefficient (Wildman–Crippen LogP) is 5.07. The molecule has 0 spiro atoms. The van der Waals surface area contributed by atoms with E-state index in [0.29, 0.717) is 19.5 Å². The fraction of sp³-hybridized carbons (Fsp3) is 0.286. The fourth-order valence-electron chi connectivity index (χ4n) is 3.97. The molecule has 4 heteroatoms. The van der Waals surface area contributed by atoms with Crippen LogP contribution in [0.25, 0.3) is 0 Å². The van der Waals surface area contributed by atoms with Crippen molar-refractivity contribution in [2.75, 3.05) is 6.54 Å². The highest BCUT2D eigenvalue weighted by Crippen LogP contribution is 2.29. The SMILES string of the molecule is CCNC(=O)C(C)N(Cc1ccccc1C)C(=O)CC(c1ccccc1)c1ccccc1. The van der Waals surface area contributed by atoms with Crippen molar-refractivity contribution >= 4 is 11.8 Å². The third kappa shape index (κ3) is 5.85. The molecular formula is C28H32N2O2. The summed E-state index contributed by atoms with van der Waals surface area (Å²) in [7, 11) is 0. The highest BCUT2D eigenvalue weighted by molar-refractivity contribution is 5.87.